The highest BCUT2D eigenvalue weighted by Gasteiger charge is 2.44. The van der Waals surface area contributed by atoms with Crippen LogP contribution in [0.2, 0.25) is 0 Å². The molecule has 1 heteroatoms. The molecule has 1 aliphatic carbocycles. The van der Waals surface area contributed by atoms with Crippen LogP contribution in [-0.4, -0.2) is 12.2 Å². The lowest BCUT2D eigenvalue weighted by molar-refractivity contribution is 0.350. The molecule has 0 bridgehead atoms. The SMILES string of the molecule is CC1[CH]CCC2OC12. The summed E-state index contributed by atoms with van der Waals surface area (Å²) >= 11 is 0. The van der Waals surface area contributed by atoms with Crippen LogP contribution in [0.25, 0.3) is 0 Å². The van der Waals surface area contributed by atoms with Gasteiger partial charge in [0.05, 0.1) is 12.2 Å². The summed E-state index contributed by atoms with van der Waals surface area (Å²) in [4.78, 5) is 0. The van der Waals surface area contributed by atoms with Gasteiger partial charge >= 0.3 is 0 Å². The molecule has 3 atom stereocenters. The van der Waals surface area contributed by atoms with E-state index >= 15 is 0 Å². The second-order valence-corrected chi connectivity index (χ2v) is 2.81. The third-order valence-electron chi connectivity index (χ3n) is 2.13. The summed E-state index contributed by atoms with van der Waals surface area (Å²) in [5.74, 6) is 0.730. The molecule has 0 aromatic heterocycles. The fraction of sp³-hybridized carbons (Fsp3) is 0.857. The maximum Gasteiger partial charge on any atom is 0.0870 e. The lowest BCUT2D eigenvalue weighted by Gasteiger charge is -2.10. The van der Waals surface area contributed by atoms with Crippen molar-refractivity contribution in [3.05, 3.63) is 6.42 Å². The molecule has 0 aromatic rings. The fourth-order valence-electron chi connectivity index (χ4n) is 1.51. The van der Waals surface area contributed by atoms with Crippen molar-refractivity contribution in [1.29, 1.82) is 0 Å². The van der Waals surface area contributed by atoms with Gasteiger partial charge in [-0.25, -0.2) is 0 Å². The summed E-state index contributed by atoms with van der Waals surface area (Å²) in [6.07, 6.45) is 6.17. The van der Waals surface area contributed by atoms with E-state index < -0.39 is 0 Å². The van der Waals surface area contributed by atoms with Gasteiger partial charge in [-0.3, -0.25) is 0 Å². The van der Waals surface area contributed by atoms with Gasteiger partial charge in [0.2, 0.25) is 0 Å². The standard InChI is InChI=1S/C7H11O/c1-5-3-2-4-6-7(5)8-6/h3,5-7H,2,4H2,1H3. The van der Waals surface area contributed by atoms with Crippen LogP contribution in [0.3, 0.4) is 0 Å². The molecule has 1 saturated carbocycles. The third-order valence-corrected chi connectivity index (χ3v) is 2.13. The van der Waals surface area contributed by atoms with Crippen molar-refractivity contribution in [2.45, 2.75) is 32.0 Å². The zero-order valence-corrected chi connectivity index (χ0v) is 5.13. The molecule has 1 nitrogen and oxygen atoms in total. The lowest BCUT2D eigenvalue weighted by Crippen LogP contribution is -2.12. The van der Waals surface area contributed by atoms with E-state index in [-0.39, 0.29) is 0 Å². The Labute approximate surface area is 50.0 Å². The van der Waals surface area contributed by atoms with E-state index in [0.717, 1.165) is 5.92 Å². The Morgan fingerprint density at radius 3 is 3.12 bits per heavy atom. The van der Waals surface area contributed by atoms with Crippen molar-refractivity contribution < 1.29 is 4.74 Å². The van der Waals surface area contributed by atoms with Gasteiger partial charge < -0.3 is 4.74 Å². The molecule has 0 spiro atoms. The number of rotatable bonds is 0. The summed E-state index contributed by atoms with van der Waals surface area (Å²) in [6, 6.07) is 0. The van der Waals surface area contributed by atoms with Crippen LogP contribution in [0.1, 0.15) is 19.8 Å². The first-order valence-electron chi connectivity index (χ1n) is 3.37. The minimum atomic E-state index is 0.615. The number of ether oxygens (including phenoxy) is 1. The highest BCUT2D eigenvalue weighted by Crippen LogP contribution is 2.39. The first-order valence-corrected chi connectivity index (χ1v) is 3.37. The molecule has 2 fully saturated rings. The van der Waals surface area contributed by atoms with Crippen LogP contribution < -0.4 is 0 Å². The summed E-state index contributed by atoms with van der Waals surface area (Å²) in [6.45, 7) is 2.24. The predicted molar refractivity (Wildman–Crippen MR) is 31.4 cm³/mol. The van der Waals surface area contributed by atoms with E-state index in [1.165, 1.54) is 12.8 Å². The Bertz CT molecular complexity index is 101. The topological polar surface area (TPSA) is 12.5 Å². The molecule has 1 heterocycles. The van der Waals surface area contributed by atoms with Crippen LogP contribution in [-0.2, 0) is 4.74 Å². The smallest absolute Gasteiger partial charge is 0.0870 e. The van der Waals surface area contributed by atoms with Gasteiger partial charge in [-0.2, -0.15) is 0 Å². The number of fused-ring (bicyclic) bond motifs is 1. The first-order chi connectivity index (χ1) is 3.88. The molecule has 3 unspecified atom stereocenters. The van der Waals surface area contributed by atoms with Crippen molar-refractivity contribution in [3.8, 4) is 0 Å². The molecule has 8 heavy (non-hydrogen) atoms. The average molecular weight is 111 g/mol. The van der Waals surface area contributed by atoms with E-state index in [9.17, 15) is 0 Å². The Balaban J connectivity index is 1.99. The van der Waals surface area contributed by atoms with Gasteiger partial charge in [0.25, 0.3) is 0 Å². The van der Waals surface area contributed by atoms with Crippen molar-refractivity contribution in [3.63, 3.8) is 0 Å². The fourth-order valence-corrected chi connectivity index (χ4v) is 1.51. The molecule has 0 N–H and O–H groups in total. The average Bonchev–Trinajstić information content (AvgIpc) is 2.45. The van der Waals surface area contributed by atoms with Gasteiger partial charge in [0.1, 0.15) is 0 Å². The Kier molecular flexibility index (Phi) is 0.884. The van der Waals surface area contributed by atoms with E-state index in [4.69, 9.17) is 4.74 Å². The van der Waals surface area contributed by atoms with Gasteiger partial charge in [-0.15, -0.1) is 0 Å². The zero-order chi connectivity index (χ0) is 5.56. The highest BCUT2D eigenvalue weighted by atomic mass is 16.6. The molecule has 1 saturated heterocycles. The first kappa shape index (κ1) is 4.80. The van der Waals surface area contributed by atoms with E-state index in [1.807, 2.05) is 0 Å². The van der Waals surface area contributed by atoms with Crippen molar-refractivity contribution in [1.82, 2.24) is 0 Å². The van der Waals surface area contributed by atoms with E-state index in [0.29, 0.717) is 12.2 Å². The third kappa shape index (κ3) is 0.576. The highest BCUT2D eigenvalue weighted by molar-refractivity contribution is 4.99. The van der Waals surface area contributed by atoms with Crippen LogP contribution in [0.15, 0.2) is 0 Å². The van der Waals surface area contributed by atoms with E-state index in [1.54, 1.807) is 0 Å². The number of hydrogen-bond acceptors (Lipinski definition) is 1. The van der Waals surface area contributed by atoms with Crippen LogP contribution in [0.4, 0.5) is 0 Å². The molecule has 1 radical (unpaired) electrons. The molecular formula is C7H11O. The Morgan fingerprint density at radius 2 is 2.50 bits per heavy atom. The van der Waals surface area contributed by atoms with Gasteiger partial charge in [0, 0.05) is 0 Å². The summed E-state index contributed by atoms with van der Waals surface area (Å²) in [5.41, 5.74) is 0. The summed E-state index contributed by atoms with van der Waals surface area (Å²) < 4.78 is 5.36. The summed E-state index contributed by atoms with van der Waals surface area (Å²) in [7, 11) is 0. The number of hydrogen-bond donors (Lipinski definition) is 0. The second kappa shape index (κ2) is 1.47. The van der Waals surface area contributed by atoms with Crippen LogP contribution in [0, 0.1) is 12.3 Å². The van der Waals surface area contributed by atoms with Crippen LogP contribution >= 0.6 is 0 Å². The van der Waals surface area contributed by atoms with Crippen LogP contribution in [0.5, 0.6) is 0 Å². The molecule has 2 rings (SSSR count). The minimum absolute atomic E-state index is 0.615. The molecule has 1 aliphatic heterocycles. The second-order valence-electron chi connectivity index (χ2n) is 2.81. The zero-order valence-electron chi connectivity index (χ0n) is 5.13. The molecule has 2 aliphatic rings. The van der Waals surface area contributed by atoms with Gasteiger partial charge in [0.15, 0.2) is 0 Å². The summed E-state index contributed by atoms with van der Waals surface area (Å²) in [5, 5.41) is 0. The lowest BCUT2D eigenvalue weighted by atomic mass is 9.91. The molecule has 0 aromatic carbocycles. The largest absolute Gasteiger partial charge is 0.369 e. The minimum Gasteiger partial charge on any atom is -0.369 e. The maximum atomic E-state index is 5.36. The molecule has 45 valence electrons. The monoisotopic (exact) mass is 111 g/mol. The van der Waals surface area contributed by atoms with E-state index in [2.05, 4.69) is 13.3 Å². The van der Waals surface area contributed by atoms with Gasteiger partial charge in [-0.05, 0) is 25.2 Å². The maximum absolute atomic E-state index is 5.36. The normalized spacial score (nSPS) is 52.9. The van der Waals surface area contributed by atoms with Gasteiger partial charge in [-0.1, -0.05) is 6.92 Å². The Hall–Kier alpha value is -0.0400. The van der Waals surface area contributed by atoms with Crippen molar-refractivity contribution >= 4 is 0 Å². The predicted octanol–water partition coefficient (Wildman–Crippen LogP) is 1.39. The quantitative estimate of drug-likeness (QED) is 0.430. The Morgan fingerprint density at radius 1 is 1.62 bits per heavy atom. The number of epoxide rings is 1. The molecular weight excluding hydrogens is 100 g/mol. The van der Waals surface area contributed by atoms with Crippen molar-refractivity contribution in [2.24, 2.45) is 5.92 Å². The molecule has 0 amide bonds. The van der Waals surface area contributed by atoms with Crippen molar-refractivity contribution in [2.75, 3.05) is 0 Å².